The quantitative estimate of drug-likeness (QED) is 0.471. The number of carbonyl (C=O) groups is 2. The van der Waals surface area contributed by atoms with Crippen LogP contribution in [0.25, 0.3) is 17.0 Å². The van der Waals surface area contributed by atoms with Gasteiger partial charge in [0.1, 0.15) is 11.5 Å². The predicted octanol–water partition coefficient (Wildman–Crippen LogP) is 4.05. The Morgan fingerprint density at radius 1 is 1.19 bits per heavy atom. The molecule has 0 saturated carbocycles. The number of allylic oxidation sites excluding steroid dienone is 1. The molecule has 9 heteroatoms. The molecular weight excluding hydrogens is 478 g/mol. The molecule has 5 rings (SSSR count). The third-order valence-electron chi connectivity index (χ3n) is 5.90. The van der Waals surface area contributed by atoms with E-state index in [1.54, 1.807) is 12.1 Å². The monoisotopic (exact) mass is 497 g/mol. The molecular formula is C23H20BrN3O5. The normalized spacial score (nSPS) is 17.7. The van der Waals surface area contributed by atoms with E-state index in [-0.39, 0.29) is 17.3 Å². The van der Waals surface area contributed by atoms with Crippen molar-refractivity contribution in [3.05, 3.63) is 63.5 Å². The van der Waals surface area contributed by atoms with Crippen molar-refractivity contribution >= 4 is 44.8 Å². The molecule has 0 bridgehead atoms. The number of fused-ring (bicyclic) bond motifs is 2. The molecule has 2 aromatic carbocycles. The summed E-state index contributed by atoms with van der Waals surface area (Å²) in [6.07, 6.45) is 2.60. The number of ketones is 1. The highest BCUT2D eigenvalue weighted by Crippen LogP contribution is 2.40. The van der Waals surface area contributed by atoms with E-state index < -0.39 is 6.09 Å². The van der Waals surface area contributed by atoms with Crippen molar-refractivity contribution in [2.45, 2.75) is 6.54 Å². The highest BCUT2D eigenvalue weighted by Gasteiger charge is 2.32. The number of carboxylic acid groups (broad SMARTS) is 1. The maximum atomic E-state index is 13.0. The summed E-state index contributed by atoms with van der Waals surface area (Å²) >= 11 is 3.47. The maximum Gasteiger partial charge on any atom is 0.407 e. The molecule has 32 heavy (non-hydrogen) atoms. The Kier molecular flexibility index (Phi) is 5.15. The average molecular weight is 498 g/mol. The number of hydrogen-bond acceptors (Lipinski definition) is 5. The summed E-state index contributed by atoms with van der Waals surface area (Å²) in [6.45, 7) is 2.23. The molecule has 1 aromatic heterocycles. The van der Waals surface area contributed by atoms with E-state index >= 15 is 0 Å². The van der Waals surface area contributed by atoms with Gasteiger partial charge in [0.25, 0.3) is 0 Å². The summed E-state index contributed by atoms with van der Waals surface area (Å²) in [5, 5.41) is 20.6. The van der Waals surface area contributed by atoms with Crippen molar-refractivity contribution in [2.75, 3.05) is 26.2 Å². The number of aromatic hydroxyl groups is 1. The van der Waals surface area contributed by atoms with E-state index in [0.29, 0.717) is 49.6 Å². The smallest absolute Gasteiger partial charge is 0.407 e. The van der Waals surface area contributed by atoms with Crippen molar-refractivity contribution in [1.82, 2.24) is 14.8 Å². The Balaban J connectivity index is 1.43. The van der Waals surface area contributed by atoms with Gasteiger partial charge in [-0.3, -0.25) is 9.69 Å². The van der Waals surface area contributed by atoms with Crippen LogP contribution in [0, 0.1) is 0 Å². The number of phenolic OH excluding ortho intramolecular Hbond substituents is 1. The number of aromatic amines is 1. The fraction of sp³-hybridized carbons (Fsp3) is 0.217. The molecule has 1 amide bonds. The number of nitrogens with one attached hydrogen (secondary N) is 1. The first-order valence-electron chi connectivity index (χ1n) is 10.2. The van der Waals surface area contributed by atoms with E-state index in [0.717, 1.165) is 20.9 Å². The minimum atomic E-state index is -0.930. The summed E-state index contributed by atoms with van der Waals surface area (Å²) in [6, 6.07) is 8.95. The predicted molar refractivity (Wildman–Crippen MR) is 122 cm³/mol. The molecule has 1 saturated heterocycles. The standard InChI is InChI=1S/C23H20BrN3O5/c24-14-1-3-18-16(10-14)13(11-25-18)9-20-21(29)15-2-4-19(28)17(22(15)32-20)12-26-5-7-27(8-6-26)23(30)31/h1-4,9-11,25,28H,5-8,12H2,(H,30,31)/b20-9-. The molecule has 0 atom stereocenters. The number of amides is 1. The van der Waals surface area contributed by atoms with Crippen LogP contribution in [0.3, 0.4) is 0 Å². The summed E-state index contributed by atoms with van der Waals surface area (Å²) in [7, 11) is 0. The first kappa shape index (κ1) is 20.6. The van der Waals surface area contributed by atoms with Gasteiger partial charge in [-0.2, -0.15) is 0 Å². The summed E-state index contributed by atoms with van der Waals surface area (Å²) < 4.78 is 6.91. The Hall–Kier alpha value is -3.30. The lowest BCUT2D eigenvalue weighted by Crippen LogP contribution is -2.47. The molecule has 0 spiro atoms. The second-order valence-corrected chi connectivity index (χ2v) is 8.78. The van der Waals surface area contributed by atoms with Gasteiger partial charge in [0.05, 0.1) is 11.1 Å². The number of carbonyl (C=O) groups excluding carboxylic acids is 1. The van der Waals surface area contributed by atoms with Crippen LogP contribution < -0.4 is 4.74 Å². The van der Waals surface area contributed by atoms with Gasteiger partial charge in [-0.05, 0) is 36.4 Å². The lowest BCUT2D eigenvalue weighted by atomic mass is 10.0. The Labute approximate surface area is 191 Å². The number of Topliss-reactive ketones (excluding diaryl/α,β-unsaturated/α-hetero) is 1. The van der Waals surface area contributed by atoms with Gasteiger partial charge in [-0.1, -0.05) is 15.9 Å². The number of phenols is 1. The van der Waals surface area contributed by atoms with Gasteiger partial charge in [-0.25, -0.2) is 4.79 Å². The van der Waals surface area contributed by atoms with Crippen LogP contribution in [0.1, 0.15) is 21.5 Å². The van der Waals surface area contributed by atoms with Crippen molar-refractivity contribution in [3.63, 3.8) is 0 Å². The van der Waals surface area contributed by atoms with Gasteiger partial charge < -0.3 is 24.8 Å². The van der Waals surface area contributed by atoms with E-state index in [4.69, 9.17) is 9.84 Å². The van der Waals surface area contributed by atoms with Gasteiger partial charge in [-0.15, -0.1) is 0 Å². The molecule has 164 valence electrons. The highest BCUT2D eigenvalue weighted by atomic mass is 79.9. The number of aromatic nitrogens is 1. The molecule has 1 fully saturated rings. The Bertz CT molecular complexity index is 1270. The highest BCUT2D eigenvalue weighted by molar-refractivity contribution is 9.10. The lowest BCUT2D eigenvalue weighted by Gasteiger charge is -2.33. The van der Waals surface area contributed by atoms with Gasteiger partial charge in [0.2, 0.25) is 5.78 Å². The summed E-state index contributed by atoms with van der Waals surface area (Å²) in [5.74, 6) is 0.377. The van der Waals surface area contributed by atoms with Gasteiger partial charge in [0, 0.05) is 59.9 Å². The molecule has 2 aliphatic heterocycles. The van der Waals surface area contributed by atoms with Crippen molar-refractivity contribution in [2.24, 2.45) is 0 Å². The summed E-state index contributed by atoms with van der Waals surface area (Å²) in [5.41, 5.74) is 2.72. The maximum absolute atomic E-state index is 13.0. The number of H-pyrrole nitrogens is 1. The zero-order valence-corrected chi connectivity index (χ0v) is 18.6. The first-order chi connectivity index (χ1) is 15.4. The van der Waals surface area contributed by atoms with Crippen LogP contribution >= 0.6 is 15.9 Å². The average Bonchev–Trinajstić information content (AvgIpc) is 3.31. The third-order valence-corrected chi connectivity index (χ3v) is 6.40. The number of piperazine rings is 1. The molecule has 3 aromatic rings. The fourth-order valence-corrected chi connectivity index (χ4v) is 4.51. The molecule has 0 radical (unpaired) electrons. The zero-order valence-electron chi connectivity index (χ0n) is 17.0. The van der Waals surface area contributed by atoms with Crippen LogP contribution in [0.5, 0.6) is 11.5 Å². The van der Waals surface area contributed by atoms with Crippen molar-refractivity contribution < 1.29 is 24.5 Å². The second kappa shape index (κ2) is 7.99. The van der Waals surface area contributed by atoms with Gasteiger partial charge in [0.15, 0.2) is 5.76 Å². The minimum absolute atomic E-state index is 0.0505. The number of halogens is 1. The fourth-order valence-electron chi connectivity index (χ4n) is 4.15. The van der Waals surface area contributed by atoms with Crippen LogP contribution in [-0.2, 0) is 6.54 Å². The lowest BCUT2D eigenvalue weighted by molar-refractivity contribution is 0.101. The summed E-state index contributed by atoms with van der Waals surface area (Å²) in [4.78, 5) is 30.7. The number of hydrogen-bond donors (Lipinski definition) is 3. The van der Waals surface area contributed by atoms with Crippen LogP contribution in [0.2, 0.25) is 0 Å². The molecule has 3 N–H and O–H groups in total. The third kappa shape index (κ3) is 3.63. The van der Waals surface area contributed by atoms with E-state index in [9.17, 15) is 14.7 Å². The minimum Gasteiger partial charge on any atom is -0.507 e. The van der Waals surface area contributed by atoms with Crippen LogP contribution in [0.15, 0.2) is 46.8 Å². The van der Waals surface area contributed by atoms with Crippen LogP contribution in [0.4, 0.5) is 4.79 Å². The number of benzene rings is 2. The molecule has 3 heterocycles. The molecule has 8 nitrogen and oxygen atoms in total. The molecule has 2 aliphatic rings. The number of rotatable bonds is 3. The Morgan fingerprint density at radius 3 is 2.72 bits per heavy atom. The van der Waals surface area contributed by atoms with Gasteiger partial charge >= 0.3 is 6.09 Å². The molecule has 0 unspecified atom stereocenters. The number of nitrogens with zero attached hydrogens (tertiary/aromatic N) is 2. The first-order valence-corrected chi connectivity index (χ1v) is 11.0. The Morgan fingerprint density at radius 2 is 1.97 bits per heavy atom. The van der Waals surface area contributed by atoms with E-state index in [1.165, 1.54) is 11.0 Å². The SMILES string of the molecule is O=C1/C(=C/c2c[nH]c3ccc(Br)cc23)Oc2c1ccc(O)c2CN1CCN(C(=O)O)CC1. The van der Waals surface area contributed by atoms with Crippen LogP contribution in [-0.4, -0.2) is 63.1 Å². The zero-order chi connectivity index (χ0) is 22.4. The van der Waals surface area contributed by atoms with Crippen molar-refractivity contribution in [1.29, 1.82) is 0 Å². The second-order valence-electron chi connectivity index (χ2n) is 7.86. The van der Waals surface area contributed by atoms with E-state index in [1.807, 2.05) is 29.3 Å². The van der Waals surface area contributed by atoms with E-state index in [2.05, 4.69) is 20.9 Å². The van der Waals surface area contributed by atoms with Crippen molar-refractivity contribution in [3.8, 4) is 11.5 Å². The number of ether oxygens (including phenoxy) is 1. The topological polar surface area (TPSA) is 106 Å². The largest absolute Gasteiger partial charge is 0.507 e. The molecule has 0 aliphatic carbocycles.